The number of carbonyl (C=O) groups is 1. The van der Waals surface area contributed by atoms with Crippen molar-refractivity contribution >= 4 is 11.7 Å². The number of hydrogen-bond acceptors (Lipinski definition) is 6. The van der Waals surface area contributed by atoms with Crippen LogP contribution in [0.2, 0.25) is 0 Å². The molecule has 1 aromatic carbocycles. The third-order valence-corrected chi connectivity index (χ3v) is 4.48. The number of rotatable bonds is 4. The Balaban J connectivity index is 1.39. The first-order valence-corrected chi connectivity index (χ1v) is 9.00. The highest BCUT2D eigenvalue weighted by molar-refractivity contribution is 5.90. The maximum absolute atomic E-state index is 12.8. The molecule has 1 unspecified atom stereocenters. The van der Waals surface area contributed by atoms with Crippen molar-refractivity contribution in [1.29, 1.82) is 0 Å². The molecule has 2 aliphatic rings. The third kappa shape index (κ3) is 4.22. The zero-order valence-electron chi connectivity index (χ0n) is 14.9. The summed E-state index contributed by atoms with van der Waals surface area (Å²) in [6.45, 7) is 3.48. The van der Waals surface area contributed by atoms with Crippen molar-refractivity contribution < 1.29 is 19.0 Å². The molecule has 2 aliphatic heterocycles. The highest BCUT2D eigenvalue weighted by atomic mass is 16.6. The Kier molecular flexibility index (Phi) is 5.24. The second-order valence-corrected chi connectivity index (χ2v) is 6.34. The normalized spacial score (nSPS) is 18.7. The number of urea groups is 1. The van der Waals surface area contributed by atoms with Crippen LogP contribution in [0.15, 0.2) is 42.7 Å². The number of nitrogens with zero attached hydrogens (tertiary/aromatic N) is 2. The van der Waals surface area contributed by atoms with Gasteiger partial charge in [-0.05, 0) is 24.3 Å². The lowest BCUT2D eigenvalue weighted by Crippen LogP contribution is -2.57. The Morgan fingerprint density at radius 2 is 2.19 bits per heavy atom. The molecule has 0 aliphatic carbocycles. The predicted octanol–water partition coefficient (Wildman–Crippen LogP) is 1.74. The van der Waals surface area contributed by atoms with Crippen molar-refractivity contribution in [2.75, 3.05) is 44.8 Å². The van der Waals surface area contributed by atoms with E-state index in [9.17, 15) is 4.79 Å². The number of hydrogen-bond donors (Lipinski definition) is 2. The first-order valence-electron chi connectivity index (χ1n) is 9.00. The molecule has 0 saturated carbocycles. The number of benzene rings is 1. The summed E-state index contributed by atoms with van der Waals surface area (Å²) in [5.41, 5.74) is 0.676. The van der Waals surface area contributed by atoms with E-state index in [1.165, 1.54) is 0 Å². The lowest BCUT2D eigenvalue weighted by Gasteiger charge is -2.36. The van der Waals surface area contributed by atoms with Crippen molar-refractivity contribution in [3.63, 3.8) is 0 Å². The van der Waals surface area contributed by atoms with Gasteiger partial charge in [-0.2, -0.15) is 0 Å². The van der Waals surface area contributed by atoms with E-state index in [1.807, 2.05) is 24.3 Å². The molecule has 1 saturated heterocycles. The highest BCUT2D eigenvalue weighted by Crippen LogP contribution is 2.32. The highest BCUT2D eigenvalue weighted by Gasteiger charge is 2.27. The fraction of sp³-hybridized carbons (Fsp3) is 0.368. The van der Waals surface area contributed by atoms with E-state index >= 15 is 0 Å². The summed E-state index contributed by atoms with van der Waals surface area (Å²) in [7, 11) is 0. The number of nitrogens with one attached hydrogen (secondary N) is 2. The van der Waals surface area contributed by atoms with Gasteiger partial charge in [0.1, 0.15) is 25.6 Å². The SMILES string of the molecule is O=C(Nc1ccc2c(c1)OCCO2)N1CCNCC1COc1cccnc1. The smallest absolute Gasteiger partial charge is 0.322 e. The fourth-order valence-corrected chi connectivity index (χ4v) is 3.12. The van der Waals surface area contributed by atoms with Crippen molar-refractivity contribution in [1.82, 2.24) is 15.2 Å². The Morgan fingerprint density at radius 3 is 3.04 bits per heavy atom. The van der Waals surface area contributed by atoms with Gasteiger partial charge in [0.15, 0.2) is 11.5 Å². The van der Waals surface area contributed by atoms with E-state index in [2.05, 4.69) is 15.6 Å². The average molecular weight is 370 g/mol. The molecule has 1 aromatic heterocycles. The van der Waals surface area contributed by atoms with Crippen molar-refractivity contribution in [2.45, 2.75) is 6.04 Å². The molecule has 1 fully saturated rings. The van der Waals surface area contributed by atoms with Gasteiger partial charge < -0.3 is 29.7 Å². The summed E-state index contributed by atoms with van der Waals surface area (Å²) in [5, 5.41) is 6.25. The summed E-state index contributed by atoms with van der Waals surface area (Å²) in [5.74, 6) is 2.04. The van der Waals surface area contributed by atoms with E-state index in [4.69, 9.17) is 14.2 Å². The lowest BCUT2D eigenvalue weighted by molar-refractivity contribution is 0.133. The Labute approximate surface area is 157 Å². The van der Waals surface area contributed by atoms with Crippen LogP contribution < -0.4 is 24.8 Å². The molecule has 1 atom stereocenters. The number of piperazine rings is 1. The van der Waals surface area contributed by atoms with E-state index in [0.717, 1.165) is 6.54 Å². The predicted molar refractivity (Wildman–Crippen MR) is 99.5 cm³/mol. The first-order chi connectivity index (χ1) is 13.3. The van der Waals surface area contributed by atoms with Gasteiger partial charge in [-0.3, -0.25) is 4.98 Å². The Bertz CT molecular complexity index is 787. The minimum atomic E-state index is -0.159. The van der Waals surface area contributed by atoms with Gasteiger partial charge in [0, 0.05) is 37.6 Å². The maximum atomic E-state index is 12.8. The van der Waals surface area contributed by atoms with Crippen LogP contribution >= 0.6 is 0 Å². The molecule has 142 valence electrons. The molecule has 2 aromatic rings. The minimum absolute atomic E-state index is 0.0730. The van der Waals surface area contributed by atoms with Crippen LogP contribution in [0.5, 0.6) is 17.2 Å². The number of amides is 2. The topological polar surface area (TPSA) is 85.0 Å². The number of aromatic nitrogens is 1. The van der Waals surface area contributed by atoms with Gasteiger partial charge in [0.25, 0.3) is 0 Å². The quantitative estimate of drug-likeness (QED) is 0.853. The van der Waals surface area contributed by atoms with Gasteiger partial charge >= 0.3 is 6.03 Å². The third-order valence-electron chi connectivity index (χ3n) is 4.48. The van der Waals surface area contributed by atoms with Crippen molar-refractivity contribution in [3.8, 4) is 17.2 Å². The zero-order valence-corrected chi connectivity index (χ0v) is 14.9. The van der Waals surface area contributed by atoms with E-state index < -0.39 is 0 Å². The molecule has 0 spiro atoms. The number of carbonyl (C=O) groups excluding carboxylic acids is 1. The van der Waals surface area contributed by atoms with Gasteiger partial charge in [-0.25, -0.2) is 4.79 Å². The zero-order chi connectivity index (χ0) is 18.5. The summed E-state index contributed by atoms with van der Waals surface area (Å²) < 4.78 is 16.9. The summed E-state index contributed by atoms with van der Waals surface area (Å²) in [4.78, 5) is 18.6. The molecule has 0 bridgehead atoms. The molecule has 8 heteroatoms. The van der Waals surface area contributed by atoms with Crippen molar-refractivity contribution in [2.24, 2.45) is 0 Å². The van der Waals surface area contributed by atoms with Gasteiger partial charge in [0.05, 0.1) is 12.2 Å². The fourth-order valence-electron chi connectivity index (χ4n) is 3.12. The lowest BCUT2D eigenvalue weighted by atomic mass is 10.2. The van der Waals surface area contributed by atoms with Crippen LogP contribution in [-0.4, -0.2) is 61.4 Å². The second-order valence-electron chi connectivity index (χ2n) is 6.34. The monoisotopic (exact) mass is 370 g/mol. The van der Waals surface area contributed by atoms with Crippen molar-refractivity contribution in [3.05, 3.63) is 42.7 Å². The van der Waals surface area contributed by atoms with Crippen LogP contribution in [-0.2, 0) is 0 Å². The van der Waals surface area contributed by atoms with Gasteiger partial charge in [-0.1, -0.05) is 0 Å². The second kappa shape index (κ2) is 8.13. The Hall–Kier alpha value is -3.00. The van der Waals surface area contributed by atoms with E-state index in [-0.39, 0.29) is 12.1 Å². The number of pyridine rings is 1. The van der Waals surface area contributed by atoms with Crippen LogP contribution in [0, 0.1) is 0 Å². The van der Waals surface area contributed by atoms with Gasteiger partial charge in [0.2, 0.25) is 0 Å². The number of fused-ring (bicyclic) bond motifs is 1. The maximum Gasteiger partial charge on any atom is 0.322 e. The molecule has 27 heavy (non-hydrogen) atoms. The van der Waals surface area contributed by atoms with Crippen LogP contribution in [0.4, 0.5) is 10.5 Å². The first kappa shape index (κ1) is 17.4. The van der Waals surface area contributed by atoms with Gasteiger partial charge in [-0.15, -0.1) is 0 Å². The molecule has 2 N–H and O–H groups in total. The Morgan fingerprint density at radius 1 is 1.30 bits per heavy atom. The van der Waals surface area contributed by atoms with E-state index in [1.54, 1.807) is 23.4 Å². The number of anilines is 1. The summed E-state index contributed by atoms with van der Waals surface area (Å²) in [6, 6.07) is 8.85. The molecule has 3 heterocycles. The molecule has 4 rings (SSSR count). The van der Waals surface area contributed by atoms with Crippen LogP contribution in [0.3, 0.4) is 0 Å². The molecule has 8 nitrogen and oxygen atoms in total. The average Bonchev–Trinajstić information content (AvgIpc) is 2.73. The minimum Gasteiger partial charge on any atom is -0.490 e. The standard InChI is InChI=1S/C19H22N4O4/c24-19(22-14-3-4-17-18(10-14)26-9-8-25-17)23-7-6-21-11-15(23)13-27-16-2-1-5-20-12-16/h1-5,10,12,15,21H,6-9,11,13H2,(H,22,24). The number of ether oxygens (including phenoxy) is 3. The summed E-state index contributed by atoms with van der Waals surface area (Å²) in [6.07, 6.45) is 3.36. The van der Waals surface area contributed by atoms with Crippen LogP contribution in [0.1, 0.15) is 0 Å². The largest absolute Gasteiger partial charge is 0.490 e. The van der Waals surface area contributed by atoms with E-state index in [0.29, 0.717) is 55.8 Å². The molecular formula is C19H22N4O4. The molecular weight excluding hydrogens is 348 g/mol. The molecule has 2 amide bonds. The van der Waals surface area contributed by atoms with Crippen LogP contribution in [0.25, 0.3) is 0 Å². The molecule has 0 radical (unpaired) electrons. The summed E-state index contributed by atoms with van der Waals surface area (Å²) >= 11 is 0.